The smallest absolute Gasteiger partial charge is 0.103 e. The first-order valence-corrected chi connectivity index (χ1v) is 5.94. The maximum Gasteiger partial charge on any atom is 0.103 e. The number of rotatable bonds is 5. The SMILES string of the molecule is CCCCC(C(O)=C1C=CC=C1)C(C)C. The van der Waals surface area contributed by atoms with E-state index in [2.05, 4.69) is 20.8 Å². The van der Waals surface area contributed by atoms with Gasteiger partial charge in [0.15, 0.2) is 0 Å². The van der Waals surface area contributed by atoms with Crippen LogP contribution in [0.4, 0.5) is 0 Å². The van der Waals surface area contributed by atoms with Crippen LogP contribution in [-0.4, -0.2) is 5.11 Å². The summed E-state index contributed by atoms with van der Waals surface area (Å²) in [6.07, 6.45) is 11.4. The van der Waals surface area contributed by atoms with E-state index < -0.39 is 0 Å². The molecule has 1 heteroatoms. The van der Waals surface area contributed by atoms with Crippen LogP contribution in [0.5, 0.6) is 0 Å². The third kappa shape index (κ3) is 3.26. The molecular formula is C14H22O. The average Bonchev–Trinajstić information content (AvgIpc) is 2.70. The topological polar surface area (TPSA) is 20.2 Å². The Morgan fingerprint density at radius 2 is 1.87 bits per heavy atom. The first kappa shape index (κ1) is 12.1. The van der Waals surface area contributed by atoms with Gasteiger partial charge < -0.3 is 5.11 Å². The van der Waals surface area contributed by atoms with Crippen LogP contribution in [0, 0.1) is 11.8 Å². The fourth-order valence-corrected chi connectivity index (χ4v) is 1.97. The van der Waals surface area contributed by atoms with Crippen molar-refractivity contribution >= 4 is 0 Å². The highest BCUT2D eigenvalue weighted by molar-refractivity contribution is 5.42. The second kappa shape index (κ2) is 5.79. The second-order valence-electron chi connectivity index (χ2n) is 4.55. The Morgan fingerprint density at radius 3 is 2.33 bits per heavy atom. The molecule has 0 aromatic carbocycles. The lowest BCUT2D eigenvalue weighted by Gasteiger charge is -2.21. The fraction of sp³-hybridized carbons (Fsp3) is 0.571. The van der Waals surface area contributed by atoms with Crippen LogP contribution in [0.15, 0.2) is 35.6 Å². The van der Waals surface area contributed by atoms with Gasteiger partial charge in [-0.25, -0.2) is 0 Å². The Kier molecular flexibility index (Phi) is 4.67. The molecule has 1 N–H and O–H groups in total. The Labute approximate surface area is 93.2 Å². The minimum absolute atomic E-state index is 0.312. The van der Waals surface area contributed by atoms with E-state index in [1.165, 1.54) is 12.8 Å². The van der Waals surface area contributed by atoms with E-state index in [1.807, 2.05) is 24.3 Å². The predicted molar refractivity (Wildman–Crippen MR) is 65.8 cm³/mol. The van der Waals surface area contributed by atoms with Crippen molar-refractivity contribution in [3.8, 4) is 0 Å². The second-order valence-corrected chi connectivity index (χ2v) is 4.55. The van der Waals surface area contributed by atoms with E-state index in [0.717, 1.165) is 12.0 Å². The van der Waals surface area contributed by atoms with Crippen molar-refractivity contribution in [2.24, 2.45) is 11.8 Å². The fourth-order valence-electron chi connectivity index (χ4n) is 1.97. The molecule has 0 fully saturated rings. The van der Waals surface area contributed by atoms with Crippen LogP contribution in [0.2, 0.25) is 0 Å². The lowest BCUT2D eigenvalue weighted by Crippen LogP contribution is -2.13. The molecule has 1 atom stereocenters. The minimum atomic E-state index is 0.312. The average molecular weight is 206 g/mol. The summed E-state index contributed by atoms with van der Waals surface area (Å²) in [5.41, 5.74) is 0.991. The molecule has 0 aromatic heterocycles. The molecule has 1 nitrogen and oxygen atoms in total. The highest BCUT2D eigenvalue weighted by Crippen LogP contribution is 2.28. The first-order chi connectivity index (χ1) is 7.16. The third-order valence-corrected chi connectivity index (χ3v) is 2.98. The molecule has 0 bridgehead atoms. The summed E-state index contributed by atoms with van der Waals surface area (Å²) >= 11 is 0. The summed E-state index contributed by atoms with van der Waals surface area (Å²) in [6.45, 7) is 6.55. The molecule has 0 aliphatic heterocycles. The van der Waals surface area contributed by atoms with Crippen molar-refractivity contribution in [3.05, 3.63) is 35.6 Å². The standard InChI is InChI=1S/C14H22O/c1-4-5-10-13(11(2)3)14(15)12-8-6-7-9-12/h6-9,11,13,15H,4-5,10H2,1-3H3. The van der Waals surface area contributed by atoms with E-state index in [1.54, 1.807) is 0 Å². The zero-order chi connectivity index (χ0) is 11.3. The zero-order valence-corrected chi connectivity index (χ0v) is 10.0. The van der Waals surface area contributed by atoms with Gasteiger partial charge in [0.25, 0.3) is 0 Å². The van der Waals surface area contributed by atoms with Crippen LogP contribution in [0.3, 0.4) is 0 Å². The Balaban J connectivity index is 2.75. The molecule has 0 radical (unpaired) electrons. The van der Waals surface area contributed by atoms with Gasteiger partial charge in [-0.2, -0.15) is 0 Å². The van der Waals surface area contributed by atoms with E-state index in [0.29, 0.717) is 17.6 Å². The largest absolute Gasteiger partial charge is 0.511 e. The molecule has 1 aliphatic carbocycles. The number of aliphatic hydroxyl groups excluding tert-OH is 1. The van der Waals surface area contributed by atoms with Crippen molar-refractivity contribution in [1.29, 1.82) is 0 Å². The van der Waals surface area contributed by atoms with Gasteiger partial charge >= 0.3 is 0 Å². The highest BCUT2D eigenvalue weighted by atomic mass is 16.3. The lowest BCUT2D eigenvalue weighted by atomic mass is 9.87. The first-order valence-electron chi connectivity index (χ1n) is 5.94. The predicted octanol–water partition coefficient (Wildman–Crippen LogP) is 4.39. The third-order valence-electron chi connectivity index (χ3n) is 2.98. The number of hydrogen-bond donors (Lipinski definition) is 1. The van der Waals surface area contributed by atoms with E-state index in [-0.39, 0.29) is 0 Å². The van der Waals surface area contributed by atoms with Crippen molar-refractivity contribution in [1.82, 2.24) is 0 Å². The molecular weight excluding hydrogens is 184 g/mol. The molecule has 0 saturated carbocycles. The number of hydrogen-bond acceptors (Lipinski definition) is 1. The summed E-state index contributed by atoms with van der Waals surface area (Å²) in [4.78, 5) is 0. The molecule has 1 unspecified atom stereocenters. The quantitative estimate of drug-likeness (QED) is 0.661. The number of aliphatic hydroxyl groups is 1. The zero-order valence-electron chi connectivity index (χ0n) is 10.0. The molecule has 0 heterocycles. The van der Waals surface area contributed by atoms with E-state index in [4.69, 9.17) is 0 Å². The maximum atomic E-state index is 10.2. The van der Waals surface area contributed by atoms with Crippen molar-refractivity contribution in [3.63, 3.8) is 0 Å². The van der Waals surface area contributed by atoms with E-state index >= 15 is 0 Å². The molecule has 1 aliphatic rings. The maximum absolute atomic E-state index is 10.2. The number of unbranched alkanes of at least 4 members (excludes halogenated alkanes) is 1. The van der Waals surface area contributed by atoms with Gasteiger partial charge in [-0.15, -0.1) is 0 Å². The van der Waals surface area contributed by atoms with Crippen molar-refractivity contribution in [2.45, 2.75) is 40.0 Å². The van der Waals surface area contributed by atoms with Gasteiger partial charge in [-0.05, 0) is 12.3 Å². The number of allylic oxidation sites excluding steroid dienone is 6. The summed E-state index contributed by atoms with van der Waals surface area (Å²) < 4.78 is 0. The molecule has 0 amide bonds. The molecule has 84 valence electrons. The van der Waals surface area contributed by atoms with Gasteiger partial charge in [0.05, 0.1) is 0 Å². The molecule has 0 aromatic rings. The van der Waals surface area contributed by atoms with Gasteiger partial charge in [-0.3, -0.25) is 0 Å². The van der Waals surface area contributed by atoms with Gasteiger partial charge in [0.1, 0.15) is 5.76 Å². The van der Waals surface area contributed by atoms with Gasteiger partial charge in [-0.1, -0.05) is 57.9 Å². The molecule has 0 spiro atoms. The molecule has 0 saturated heterocycles. The van der Waals surface area contributed by atoms with Gasteiger partial charge in [0, 0.05) is 11.5 Å². The molecule has 15 heavy (non-hydrogen) atoms. The lowest BCUT2D eigenvalue weighted by molar-refractivity contribution is 0.263. The summed E-state index contributed by atoms with van der Waals surface area (Å²) in [6, 6.07) is 0. The monoisotopic (exact) mass is 206 g/mol. The van der Waals surface area contributed by atoms with Gasteiger partial charge in [0.2, 0.25) is 0 Å². The Bertz CT molecular complexity index is 268. The Hall–Kier alpha value is -0.980. The van der Waals surface area contributed by atoms with Crippen LogP contribution in [0.25, 0.3) is 0 Å². The molecule has 1 rings (SSSR count). The summed E-state index contributed by atoms with van der Waals surface area (Å²) in [5, 5.41) is 10.2. The Morgan fingerprint density at radius 1 is 1.27 bits per heavy atom. The minimum Gasteiger partial charge on any atom is -0.511 e. The summed E-state index contributed by atoms with van der Waals surface area (Å²) in [5.74, 6) is 1.39. The van der Waals surface area contributed by atoms with Crippen LogP contribution in [-0.2, 0) is 0 Å². The van der Waals surface area contributed by atoms with Crippen LogP contribution >= 0.6 is 0 Å². The van der Waals surface area contributed by atoms with Crippen molar-refractivity contribution < 1.29 is 5.11 Å². The normalized spacial score (nSPS) is 16.4. The summed E-state index contributed by atoms with van der Waals surface area (Å²) in [7, 11) is 0. The van der Waals surface area contributed by atoms with Crippen LogP contribution in [0.1, 0.15) is 40.0 Å². The van der Waals surface area contributed by atoms with Crippen LogP contribution < -0.4 is 0 Å². The van der Waals surface area contributed by atoms with Crippen molar-refractivity contribution in [2.75, 3.05) is 0 Å². The highest BCUT2D eigenvalue weighted by Gasteiger charge is 2.19. The van der Waals surface area contributed by atoms with E-state index in [9.17, 15) is 5.11 Å².